The molecule has 0 saturated heterocycles. The first kappa shape index (κ1) is 19.3. The van der Waals surface area contributed by atoms with Crippen LogP contribution in [0.4, 0.5) is 5.82 Å². The lowest BCUT2D eigenvalue weighted by atomic mass is 10.6. The van der Waals surface area contributed by atoms with E-state index >= 15 is 0 Å². The van der Waals surface area contributed by atoms with Crippen molar-refractivity contribution in [2.24, 2.45) is 0 Å². The highest BCUT2D eigenvalue weighted by atomic mass is 35.5. The van der Waals surface area contributed by atoms with Crippen LogP contribution in [0.15, 0.2) is 6.20 Å². The van der Waals surface area contributed by atoms with Crippen LogP contribution >= 0.6 is 7.82 Å². The topological polar surface area (TPSA) is 159 Å². The van der Waals surface area contributed by atoms with Crippen LogP contribution in [-0.2, 0) is 11.1 Å². The van der Waals surface area contributed by atoms with Crippen LogP contribution in [0.1, 0.15) is 7.25 Å². The van der Waals surface area contributed by atoms with Gasteiger partial charge >= 0.3 is 15.1 Å². The average Bonchev–Trinajstić information content (AvgIpc) is 2.46. The number of nitro groups is 1. The third kappa shape index (κ3) is 8.12. The van der Waals surface area contributed by atoms with E-state index in [2.05, 4.69) is 4.98 Å². The van der Waals surface area contributed by atoms with E-state index in [4.69, 9.17) is 24.4 Å². The summed E-state index contributed by atoms with van der Waals surface area (Å²) in [4.78, 5) is 35.2. The van der Waals surface area contributed by atoms with Crippen molar-refractivity contribution in [2.45, 2.75) is 13.5 Å². The number of hydrogen-bond donors (Lipinski definition) is 4. The Kier molecular flexibility index (Phi) is 8.73. The van der Waals surface area contributed by atoms with E-state index in [1.165, 1.54) is 10.8 Å². The first-order valence-electron chi connectivity index (χ1n) is 4.22. The molecule has 1 aromatic rings. The maximum Gasteiger partial charge on any atom is 1.00 e. The van der Waals surface area contributed by atoms with E-state index in [0.29, 0.717) is 5.82 Å². The van der Waals surface area contributed by atoms with Gasteiger partial charge in [-0.15, -0.1) is 0 Å². The highest BCUT2D eigenvalue weighted by molar-refractivity contribution is 7.45. The summed E-state index contributed by atoms with van der Waals surface area (Å²) < 4.78 is 10.2. The van der Waals surface area contributed by atoms with E-state index < -0.39 is 12.7 Å². The number of hydrogen-bond acceptors (Lipinski definition) is 5. The van der Waals surface area contributed by atoms with Crippen LogP contribution in [0.2, 0.25) is 0 Å². The van der Waals surface area contributed by atoms with E-state index in [1.807, 2.05) is 0 Å². The van der Waals surface area contributed by atoms with Crippen molar-refractivity contribution in [3.05, 3.63) is 22.1 Å². The molecule has 4 N–H and O–H groups in total. The van der Waals surface area contributed by atoms with Crippen molar-refractivity contribution in [1.82, 2.24) is 9.55 Å². The van der Waals surface area contributed by atoms with Crippen LogP contribution < -0.4 is 12.4 Å². The summed E-state index contributed by atoms with van der Waals surface area (Å²) >= 11 is 0. The van der Waals surface area contributed by atoms with Crippen LogP contribution in [0, 0.1) is 17.0 Å². The minimum Gasteiger partial charge on any atom is -1.00 e. The quantitative estimate of drug-likeness (QED) is 0.252. The molecule has 0 aliphatic heterocycles. The van der Waals surface area contributed by atoms with Gasteiger partial charge in [-0.3, -0.25) is 0 Å². The minimum absolute atomic E-state index is 0. The van der Waals surface area contributed by atoms with Crippen LogP contribution in [-0.4, -0.2) is 40.9 Å². The van der Waals surface area contributed by atoms with E-state index in [0.717, 1.165) is 0 Å². The minimum atomic E-state index is -4.64. The molecule has 106 valence electrons. The Balaban J connectivity index is -0.000000320. The molecule has 0 aromatic carbocycles. The summed E-state index contributed by atoms with van der Waals surface area (Å²) in [5, 5.41) is 19.0. The Morgan fingerprint density at radius 3 is 2.33 bits per heavy atom. The number of aromatic nitrogens is 2. The molecule has 0 saturated carbocycles. The number of rotatable bonds is 3. The largest absolute Gasteiger partial charge is 1.00 e. The molecule has 0 bridgehead atoms. The molecule has 10 nitrogen and oxygen atoms in total. The number of phosphoric acid groups is 1. The zero-order chi connectivity index (χ0) is 13.6. The average molecular weight is 306 g/mol. The molecule has 1 rings (SSSR count). The first-order chi connectivity index (χ1) is 7.66. The smallest absolute Gasteiger partial charge is 1.00 e. The van der Waals surface area contributed by atoms with E-state index in [-0.39, 0.29) is 32.8 Å². The first-order valence-corrected chi connectivity index (χ1v) is 5.79. The highest BCUT2D eigenvalue weighted by Gasteiger charge is 2.15. The molecular weight excluding hydrogens is 293 g/mol. The summed E-state index contributed by atoms with van der Waals surface area (Å²) in [6, 6.07) is 0. The number of nitrogens with zero attached hydrogens (tertiary/aromatic N) is 3. The van der Waals surface area contributed by atoms with Gasteiger partial charge in [0.1, 0.15) is 12.7 Å². The number of aliphatic hydroxyl groups excluding tert-OH is 1. The fourth-order valence-corrected chi connectivity index (χ4v) is 0.978. The normalized spacial score (nSPS) is 10.1. The van der Waals surface area contributed by atoms with E-state index in [1.54, 1.807) is 6.92 Å². The predicted octanol–water partition coefficient (Wildman–Crippen LogP) is -3.72. The molecule has 12 heteroatoms. The van der Waals surface area contributed by atoms with Gasteiger partial charge in [-0.05, 0) is 4.92 Å². The Hall–Kier alpha value is -1.03. The van der Waals surface area contributed by atoms with Gasteiger partial charge in [-0.1, -0.05) is 0 Å². The van der Waals surface area contributed by atoms with Gasteiger partial charge in [0.05, 0.1) is 6.61 Å². The molecule has 0 fully saturated rings. The van der Waals surface area contributed by atoms with Crippen molar-refractivity contribution < 1.29 is 43.1 Å². The molecule has 0 atom stereocenters. The third-order valence-corrected chi connectivity index (χ3v) is 1.54. The third-order valence-electron chi connectivity index (χ3n) is 1.54. The lowest BCUT2D eigenvalue weighted by molar-refractivity contribution is -0.392. The molecule has 0 spiro atoms. The van der Waals surface area contributed by atoms with Gasteiger partial charge in [0, 0.05) is 6.92 Å². The second-order valence-electron chi connectivity index (χ2n) is 2.81. The molecule has 18 heavy (non-hydrogen) atoms. The van der Waals surface area contributed by atoms with Crippen LogP contribution in [0.3, 0.4) is 0 Å². The van der Waals surface area contributed by atoms with Crippen molar-refractivity contribution >= 4 is 13.6 Å². The molecule has 1 aromatic heterocycles. The monoisotopic (exact) mass is 305 g/mol. The summed E-state index contributed by atoms with van der Waals surface area (Å²) in [7, 11) is -4.64. The number of halogens is 1. The number of aryl methyl sites for hydroxylation is 1. The summed E-state index contributed by atoms with van der Waals surface area (Å²) in [6.07, 6.45) is 1.19. The van der Waals surface area contributed by atoms with Crippen molar-refractivity contribution in [1.29, 1.82) is 0 Å². The fourth-order valence-electron chi connectivity index (χ4n) is 0.978. The molecule has 1 heterocycles. The summed E-state index contributed by atoms with van der Waals surface area (Å²) in [6.45, 7) is 1.74. The lowest BCUT2D eigenvalue weighted by Gasteiger charge is -1.98. The second-order valence-corrected chi connectivity index (χ2v) is 3.84. The lowest BCUT2D eigenvalue weighted by Crippen LogP contribution is -3.00. The van der Waals surface area contributed by atoms with Gasteiger partial charge < -0.3 is 42.3 Å². The van der Waals surface area contributed by atoms with Gasteiger partial charge in [0.2, 0.25) is 0 Å². The fraction of sp³-hybridized carbons (Fsp3) is 0.500. The molecule has 0 aliphatic carbocycles. The van der Waals surface area contributed by atoms with Crippen molar-refractivity contribution in [3.8, 4) is 0 Å². The van der Waals surface area contributed by atoms with Gasteiger partial charge in [-0.25, -0.2) is 14.1 Å². The summed E-state index contributed by atoms with van der Waals surface area (Å²) in [5.74, 6) is 0.456. The van der Waals surface area contributed by atoms with Gasteiger partial charge in [-0.2, -0.15) is 0 Å². The Bertz CT molecular complexity index is 428. The predicted molar refractivity (Wildman–Crippen MR) is 56.1 cm³/mol. The SMILES string of the molecule is Cc1ncc([N+](=O)[O-])n1CCO.O=P(O)(O)O.[Cl-].[H+]. The zero-order valence-electron chi connectivity index (χ0n) is 10.2. The highest BCUT2D eigenvalue weighted by Crippen LogP contribution is 2.25. The number of aliphatic hydroxyl groups is 1. The maximum absolute atomic E-state index is 10.4. The molecule has 0 unspecified atom stereocenters. The van der Waals surface area contributed by atoms with Crippen LogP contribution in [0.5, 0.6) is 0 Å². The summed E-state index contributed by atoms with van der Waals surface area (Å²) in [5.41, 5.74) is 0. The van der Waals surface area contributed by atoms with Crippen LogP contribution in [0.25, 0.3) is 0 Å². The number of imidazole rings is 1. The maximum atomic E-state index is 10.4. The molecule has 0 radical (unpaired) electrons. The Labute approximate surface area is 109 Å². The van der Waals surface area contributed by atoms with Crippen molar-refractivity contribution in [2.75, 3.05) is 6.61 Å². The van der Waals surface area contributed by atoms with Gasteiger partial charge in [0.15, 0.2) is 5.82 Å². The van der Waals surface area contributed by atoms with Crippen molar-refractivity contribution in [3.63, 3.8) is 0 Å². The molecular formula is C6H13ClN3O7P. The zero-order valence-corrected chi connectivity index (χ0v) is 10.8. The Morgan fingerprint density at radius 1 is 1.56 bits per heavy atom. The van der Waals surface area contributed by atoms with Gasteiger partial charge in [0.25, 0.3) is 0 Å². The molecule has 0 aliphatic rings. The molecule has 0 amide bonds. The van der Waals surface area contributed by atoms with E-state index in [9.17, 15) is 10.1 Å². The standard InChI is InChI=1S/C6H9N3O3.ClH.H3O4P/c1-5-7-4-6(9(11)12)8(5)2-3-10;;1-5(2,3)4/h4,10H,2-3H2,1H3;1H;(H3,1,2,3,4). The second kappa shape index (κ2) is 8.14. The Morgan fingerprint density at radius 2 is 2.00 bits per heavy atom.